The van der Waals surface area contributed by atoms with Crippen LogP contribution in [0.3, 0.4) is 0 Å². The van der Waals surface area contributed by atoms with Gasteiger partial charge in [0.15, 0.2) is 0 Å². The average Bonchev–Trinajstić information content (AvgIpc) is 2.29. The van der Waals surface area contributed by atoms with Crippen LogP contribution in [0, 0.1) is 13.8 Å². The zero-order chi connectivity index (χ0) is 12.4. The first-order valence-electron chi connectivity index (χ1n) is 5.74. The Bertz CT molecular complexity index is 433. The molecule has 17 heavy (non-hydrogen) atoms. The normalized spacial score (nSPS) is 20.4. The maximum absolute atomic E-state index is 11.0. The lowest BCUT2D eigenvalue weighted by Gasteiger charge is -2.33. The van der Waals surface area contributed by atoms with Gasteiger partial charge in [0.25, 0.3) is 0 Å². The summed E-state index contributed by atoms with van der Waals surface area (Å²) in [5, 5.41) is 8.77. The molecule has 1 aromatic rings. The summed E-state index contributed by atoms with van der Waals surface area (Å²) in [5.74, 6) is 0.175. The predicted molar refractivity (Wildman–Crippen MR) is 72.0 cm³/mol. The monoisotopic (exact) mass is 251 g/mol. The molecular formula is C13H17NO2S. The van der Waals surface area contributed by atoms with E-state index in [2.05, 4.69) is 36.9 Å². The third kappa shape index (κ3) is 2.75. The molecule has 0 aromatic heterocycles. The van der Waals surface area contributed by atoms with Gasteiger partial charge in [0.1, 0.15) is 5.25 Å². The Kier molecular flexibility index (Phi) is 3.62. The van der Waals surface area contributed by atoms with Gasteiger partial charge in [-0.1, -0.05) is 17.7 Å². The molecule has 0 aliphatic carbocycles. The number of aliphatic carboxylic acids is 1. The van der Waals surface area contributed by atoms with Crippen LogP contribution in [0.2, 0.25) is 0 Å². The van der Waals surface area contributed by atoms with Crippen LogP contribution in [0.15, 0.2) is 18.2 Å². The summed E-state index contributed by atoms with van der Waals surface area (Å²) >= 11 is 1.54. The van der Waals surface area contributed by atoms with Crippen LogP contribution in [-0.4, -0.2) is 35.2 Å². The fourth-order valence-electron chi connectivity index (χ4n) is 2.18. The second kappa shape index (κ2) is 5.00. The highest BCUT2D eigenvalue weighted by Gasteiger charge is 2.26. The fraction of sp³-hybridized carbons (Fsp3) is 0.462. The molecule has 92 valence electrons. The van der Waals surface area contributed by atoms with Gasteiger partial charge in [0.05, 0.1) is 0 Å². The number of carboxylic acids is 1. The first kappa shape index (κ1) is 12.3. The number of thioether (sulfide) groups is 1. The lowest BCUT2D eigenvalue weighted by atomic mass is 10.1. The van der Waals surface area contributed by atoms with Crippen molar-refractivity contribution in [3.8, 4) is 0 Å². The lowest BCUT2D eigenvalue weighted by Crippen LogP contribution is -2.41. The zero-order valence-electron chi connectivity index (χ0n) is 10.1. The van der Waals surface area contributed by atoms with Crippen LogP contribution in [0.5, 0.6) is 0 Å². The van der Waals surface area contributed by atoms with E-state index in [-0.39, 0.29) is 5.25 Å². The first-order chi connectivity index (χ1) is 8.08. The third-order valence-corrected chi connectivity index (χ3v) is 4.21. The van der Waals surface area contributed by atoms with Crippen molar-refractivity contribution in [1.82, 2.24) is 0 Å². The molecule has 1 aromatic carbocycles. The van der Waals surface area contributed by atoms with Crippen molar-refractivity contribution < 1.29 is 9.90 Å². The van der Waals surface area contributed by atoms with E-state index in [0.29, 0.717) is 6.54 Å². The predicted octanol–water partition coefficient (Wildman–Crippen LogP) is 2.31. The summed E-state index contributed by atoms with van der Waals surface area (Å²) in [6.07, 6.45) is 0. The highest BCUT2D eigenvalue weighted by atomic mass is 32.2. The molecule has 1 atom stereocenters. The molecule has 1 N–H and O–H groups in total. The Morgan fingerprint density at radius 3 is 2.88 bits per heavy atom. The highest BCUT2D eigenvalue weighted by Crippen LogP contribution is 2.27. The molecule has 0 radical (unpaired) electrons. The van der Waals surface area contributed by atoms with Crippen LogP contribution in [0.4, 0.5) is 5.69 Å². The zero-order valence-corrected chi connectivity index (χ0v) is 11.0. The number of nitrogens with zero attached hydrogens (tertiary/aromatic N) is 1. The van der Waals surface area contributed by atoms with E-state index in [0.717, 1.165) is 12.3 Å². The Morgan fingerprint density at radius 1 is 1.47 bits per heavy atom. The smallest absolute Gasteiger partial charge is 0.318 e. The quantitative estimate of drug-likeness (QED) is 0.875. The van der Waals surface area contributed by atoms with Gasteiger partial charge >= 0.3 is 5.97 Å². The minimum absolute atomic E-state index is 0.301. The molecule has 1 heterocycles. The Balaban J connectivity index is 2.19. The molecular weight excluding hydrogens is 234 g/mol. The summed E-state index contributed by atoms with van der Waals surface area (Å²) in [4.78, 5) is 13.2. The van der Waals surface area contributed by atoms with Crippen molar-refractivity contribution >= 4 is 23.4 Å². The average molecular weight is 251 g/mol. The molecule has 3 nitrogen and oxygen atoms in total. The fourth-order valence-corrected chi connectivity index (χ4v) is 3.22. The van der Waals surface area contributed by atoms with E-state index in [4.69, 9.17) is 5.11 Å². The van der Waals surface area contributed by atoms with Crippen LogP contribution in [0.1, 0.15) is 11.1 Å². The number of benzene rings is 1. The maximum atomic E-state index is 11.0. The molecule has 1 fully saturated rings. The van der Waals surface area contributed by atoms with E-state index in [1.54, 1.807) is 0 Å². The number of aryl methyl sites for hydroxylation is 2. The molecule has 2 rings (SSSR count). The van der Waals surface area contributed by atoms with E-state index in [9.17, 15) is 4.79 Å². The summed E-state index contributed by atoms with van der Waals surface area (Å²) in [5.41, 5.74) is 3.63. The number of rotatable bonds is 2. The molecule has 4 heteroatoms. The number of hydrogen-bond acceptors (Lipinski definition) is 3. The molecule has 0 saturated carbocycles. The molecule has 1 aliphatic rings. The second-order valence-corrected chi connectivity index (χ2v) is 5.74. The van der Waals surface area contributed by atoms with Gasteiger partial charge in [0, 0.05) is 24.5 Å². The molecule has 0 bridgehead atoms. The lowest BCUT2D eigenvalue weighted by molar-refractivity contribution is -0.136. The number of carbonyl (C=O) groups is 1. The van der Waals surface area contributed by atoms with Crippen molar-refractivity contribution in [1.29, 1.82) is 0 Å². The third-order valence-electron chi connectivity index (χ3n) is 3.03. The van der Waals surface area contributed by atoms with Crippen molar-refractivity contribution in [2.45, 2.75) is 19.1 Å². The van der Waals surface area contributed by atoms with E-state index >= 15 is 0 Å². The van der Waals surface area contributed by atoms with Gasteiger partial charge in [-0.15, -0.1) is 11.8 Å². The standard InChI is InChI=1S/C13H17NO2S/c1-9-3-4-11(10(2)7-9)14-5-6-17-12(8-14)13(15)16/h3-4,7,12H,5-6,8H2,1-2H3,(H,15,16). The second-order valence-electron chi connectivity index (χ2n) is 4.43. The van der Waals surface area contributed by atoms with Gasteiger partial charge in [-0.25, -0.2) is 0 Å². The number of carboxylic acid groups (broad SMARTS) is 1. The molecule has 1 unspecified atom stereocenters. The van der Waals surface area contributed by atoms with Gasteiger partial charge in [-0.3, -0.25) is 4.79 Å². The molecule has 0 spiro atoms. The SMILES string of the molecule is Cc1ccc(N2CCSC(C(=O)O)C2)c(C)c1. The topological polar surface area (TPSA) is 40.5 Å². The van der Waals surface area contributed by atoms with Crippen molar-refractivity contribution in [2.75, 3.05) is 23.7 Å². The summed E-state index contributed by atoms with van der Waals surface area (Å²) in [7, 11) is 0. The van der Waals surface area contributed by atoms with Crippen LogP contribution >= 0.6 is 11.8 Å². The number of hydrogen-bond donors (Lipinski definition) is 1. The van der Waals surface area contributed by atoms with Crippen LogP contribution < -0.4 is 4.90 Å². The Labute approximate surface area is 106 Å². The van der Waals surface area contributed by atoms with Gasteiger partial charge in [-0.2, -0.15) is 0 Å². The summed E-state index contributed by atoms with van der Waals surface area (Å²) in [6, 6.07) is 6.33. The largest absolute Gasteiger partial charge is 0.480 e. The molecule has 0 amide bonds. The molecule has 1 saturated heterocycles. The summed E-state index contributed by atoms with van der Waals surface area (Å²) in [6.45, 7) is 5.69. The van der Waals surface area contributed by atoms with E-state index in [1.165, 1.54) is 28.6 Å². The van der Waals surface area contributed by atoms with Crippen molar-refractivity contribution in [3.05, 3.63) is 29.3 Å². The minimum Gasteiger partial charge on any atom is -0.480 e. The first-order valence-corrected chi connectivity index (χ1v) is 6.79. The summed E-state index contributed by atoms with van der Waals surface area (Å²) < 4.78 is 0. The molecule has 1 aliphatic heterocycles. The number of anilines is 1. The minimum atomic E-state index is -0.704. The van der Waals surface area contributed by atoms with Gasteiger partial charge < -0.3 is 10.0 Å². The van der Waals surface area contributed by atoms with Crippen LogP contribution in [0.25, 0.3) is 0 Å². The van der Waals surface area contributed by atoms with Crippen molar-refractivity contribution in [2.24, 2.45) is 0 Å². The highest BCUT2D eigenvalue weighted by molar-refractivity contribution is 8.00. The van der Waals surface area contributed by atoms with Crippen molar-refractivity contribution in [3.63, 3.8) is 0 Å². The van der Waals surface area contributed by atoms with E-state index < -0.39 is 5.97 Å². The Hall–Kier alpha value is -1.16. The maximum Gasteiger partial charge on any atom is 0.318 e. The Morgan fingerprint density at radius 2 is 2.24 bits per heavy atom. The van der Waals surface area contributed by atoms with Crippen LogP contribution in [-0.2, 0) is 4.79 Å². The van der Waals surface area contributed by atoms with E-state index in [1.807, 2.05) is 0 Å². The van der Waals surface area contributed by atoms with Gasteiger partial charge in [0.2, 0.25) is 0 Å². The van der Waals surface area contributed by atoms with Gasteiger partial charge in [-0.05, 0) is 25.5 Å².